The predicted molar refractivity (Wildman–Crippen MR) is 89.3 cm³/mol. The maximum Gasteiger partial charge on any atom is 0.339 e. The number of halogens is 1. The maximum atomic E-state index is 12.4. The SMILES string of the molecule is Cc1ccc(S(=O)(=O)Oc2cc(C)c(Cl)cc2C(C)C)cc1. The lowest BCUT2D eigenvalue weighted by atomic mass is 10.0. The van der Waals surface area contributed by atoms with Crippen LogP contribution in [0.5, 0.6) is 5.75 Å². The predicted octanol–water partition coefficient (Wildman–Crippen LogP) is 4.85. The molecule has 118 valence electrons. The van der Waals surface area contributed by atoms with E-state index in [1.807, 2.05) is 27.7 Å². The number of benzene rings is 2. The van der Waals surface area contributed by atoms with Gasteiger partial charge in [0.05, 0.1) is 0 Å². The highest BCUT2D eigenvalue weighted by molar-refractivity contribution is 7.87. The van der Waals surface area contributed by atoms with Crippen molar-refractivity contribution < 1.29 is 12.6 Å². The third kappa shape index (κ3) is 3.62. The number of aryl methyl sites for hydroxylation is 2. The number of rotatable bonds is 4. The van der Waals surface area contributed by atoms with Crippen molar-refractivity contribution >= 4 is 21.7 Å². The van der Waals surface area contributed by atoms with Gasteiger partial charge in [0.2, 0.25) is 0 Å². The molecule has 0 spiro atoms. The Morgan fingerprint density at radius 1 is 1.05 bits per heavy atom. The molecule has 5 heteroatoms. The summed E-state index contributed by atoms with van der Waals surface area (Å²) < 4.78 is 30.2. The summed E-state index contributed by atoms with van der Waals surface area (Å²) in [5.74, 6) is 0.429. The van der Waals surface area contributed by atoms with Crippen molar-refractivity contribution in [2.75, 3.05) is 0 Å². The molecule has 2 aromatic rings. The van der Waals surface area contributed by atoms with Crippen molar-refractivity contribution in [3.05, 3.63) is 58.1 Å². The van der Waals surface area contributed by atoms with Gasteiger partial charge in [-0.1, -0.05) is 43.1 Å². The molecular weight excluding hydrogens is 320 g/mol. The minimum Gasteiger partial charge on any atom is -0.379 e. The lowest BCUT2D eigenvalue weighted by Gasteiger charge is -2.15. The summed E-state index contributed by atoms with van der Waals surface area (Å²) in [6, 6.07) is 10.0. The zero-order valence-electron chi connectivity index (χ0n) is 13.1. The second kappa shape index (κ2) is 6.31. The van der Waals surface area contributed by atoms with E-state index in [1.165, 1.54) is 0 Å². The Balaban J connectivity index is 2.45. The first-order valence-electron chi connectivity index (χ1n) is 7.02. The second-order valence-electron chi connectivity index (χ2n) is 5.64. The Morgan fingerprint density at radius 2 is 1.64 bits per heavy atom. The molecule has 0 heterocycles. The van der Waals surface area contributed by atoms with E-state index in [4.69, 9.17) is 15.8 Å². The first-order valence-corrected chi connectivity index (χ1v) is 8.80. The van der Waals surface area contributed by atoms with Crippen LogP contribution in [0, 0.1) is 13.8 Å². The molecule has 0 aliphatic carbocycles. The average Bonchev–Trinajstić information content (AvgIpc) is 2.42. The van der Waals surface area contributed by atoms with Gasteiger partial charge in [-0.05, 0) is 55.2 Å². The monoisotopic (exact) mass is 338 g/mol. The van der Waals surface area contributed by atoms with E-state index in [1.54, 1.807) is 36.4 Å². The summed E-state index contributed by atoms with van der Waals surface area (Å²) in [6.45, 7) is 7.65. The Kier molecular flexibility index (Phi) is 4.83. The highest BCUT2D eigenvalue weighted by Gasteiger charge is 2.20. The van der Waals surface area contributed by atoms with Gasteiger partial charge in [0.25, 0.3) is 0 Å². The lowest BCUT2D eigenvalue weighted by Crippen LogP contribution is -2.11. The molecule has 0 amide bonds. The van der Waals surface area contributed by atoms with Crippen LogP contribution in [0.15, 0.2) is 41.3 Å². The van der Waals surface area contributed by atoms with Crippen molar-refractivity contribution in [2.45, 2.75) is 38.5 Å². The number of hydrogen-bond donors (Lipinski definition) is 0. The zero-order chi connectivity index (χ0) is 16.5. The van der Waals surface area contributed by atoms with Crippen LogP contribution in [-0.4, -0.2) is 8.42 Å². The average molecular weight is 339 g/mol. The van der Waals surface area contributed by atoms with Gasteiger partial charge in [-0.2, -0.15) is 8.42 Å². The highest BCUT2D eigenvalue weighted by Crippen LogP contribution is 2.33. The summed E-state index contributed by atoms with van der Waals surface area (Å²) in [7, 11) is -3.86. The van der Waals surface area contributed by atoms with Gasteiger partial charge in [-0.15, -0.1) is 0 Å². The largest absolute Gasteiger partial charge is 0.379 e. The molecular formula is C17H19ClO3S. The summed E-state index contributed by atoms with van der Waals surface area (Å²) in [5.41, 5.74) is 2.54. The molecule has 0 aliphatic heterocycles. The molecule has 0 fully saturated rings. The van der Waals surface area contributed by atoms with Crippen LogP contribution in [-0.2, 0) is 10.1 Å². The van der Waals surface area contributed by atoms with E-state index in [0.29, 0.717) is 10.8 Å². The molecule has 0 atom stereocenters. The van der Waals surface area contributed by atoms with Crippen molar-refractivity contribution in [3.63, 3.8) is 0 Å². The van der Waals surface area contributed by atoms with Gasteiger partial charge in [0.1, 0.15) is 10.6 Å². The van der Waals surface area contributed by atoms with E-state index in [2.05, 4.69) is 0 Å². The minimum atomic E-state index is -3.86. The third-order valence-electron chi connectivity index (χ3n) is 3.42. The van der Waals surface area contributed by atoms with Crippen molar-refractivity contribution in [3.8, 4) is 5.75 Å². The smallest absolute Gasteiger partial charge is 0.339 e. The molecule has 3 nitrogen and oxygen atoms in total. The fourth-order valence-corrected chi connectivity index (χ4v) is 3.18. The van der Waals surface area contributed by atoms with Crippen molar-refractivity contribution in [1.82, 2.24) is 0 Å². The molecule has 0 N–H and O–H groups in total. The van der Waals surface area contributed by atoms with Crippen LogP contribution < -0.4 is 4.18 Å². The Hall–Kier alpha value is -1.52. The molecule has 2 rings (SSSR count). The second-order valence-corrected chi connectivity index (χ2v) is 7.60. The molecule has 2 aromatic carbocycles. The lowest BCUT2D eigenvalue weighted by molar-refractivity contribution is 0.481. The van der Waals surface area contributed by atoms with Crippen LogP contribution in [0.3, 0.4) is 0 Å². The topological polar surface area (TPSA) is 43.4 Å². The van der Waals surface area contributed by atoms with E-state index in [-0.39, 0.29) is 10.8 Å². The molecule has 0 bridgehead atoms. The first-order chi connectivity index (χ1) is 10.2. The van der Waals surface area contributed by atoms with Crippen LogP contribution in [0.2, 0.25) is 5.02 Å². The van der Waals surface area contributed by atoms with Crippen LogP contribution in [0.1, 0.15) is 36.5 Å². The first kappa shape index (κ1) is 16.8. The van der Waals surface area contributed by atoms with Gasteiger partial charge in [0, 0.05) is 5.02 Å². The molecule has 0 unspecified atom stereocenters. The Morgan fingerprint density at radius 3 is 2.18 bits per heavy atom. The van der Waals surface area contributed by atoms with E-state index in [0.717, 1.165) is 16.7 Å². The summed E-state index contributed by atoms with van der Waals surface area (Å²) in [4.78, 5) is 0.139. The van der Waals surface area contributed by atoms with Crippen molar-refractivity contribution in [1.29, 1.82) is 0 Å². The molecule has 0 radical (unpaired) electrons. The normalized spacial score (nSPS) is 11.7. The minimum absolute atomic E-state index is 0.0984. The van der Waals surface area contributed by atoms with Gasteiger partial charge in [0.15, 0.2) is 0 Å². The van der Waals surface area contributed by atoms with Crippen LogP contribution in [0.4, 0.5) is 0 Å². The van der Waals surface area contributed by atoms with Gasteiger partial charge in [-0.25, -0.2) is 0 Å². The van der Waals surface area contributed by atoms with E-state index >= 15 is 0 Å². The zero-order valence-corrected chi connectivity index (χ0v) is 14.6. The quantitative estimate of drug-likeness (QED) is 0.748. The molecule has 0 aromatic heterocycles. The molecule has 0 aliphatic rings. The fraction of sp³-hybridized carbons (Fsp3) is 0.294. The third-order valence-corrected chi connectivity index (χ3v) is 5.08. The van der Waals surface area contributed by atoms with E-state index in [9.17, 15) is 8.42 Å². The molecule has 22 heavy (non-hydrogen) atoms. The molecule has 0 saturated heterocycles. The van der Waals surface area contributed by atoms with Crippen LogP contribution in [0.25, 0.3) is 0 Å². The number of hydrogen-bond acceptors (Lipinski definition) is 3. The summed E-state index contributed by atoms with van der Waals surface area (Å²) >= 11 is 6.13. The highest BCUT2D eigenvalue weighted by atomic mass is 35.5. The van der Waals surface area contributed by atoms with Crippen molar-refractivity contribution in [2.24, 2.45) is 0 Å². The van der Waals surface area contributed by atoms with E-state index < -0.39 is 10.1 Å². The van der Waals surface area contributed by atoms with Crippen LogP contribution >= 0.6 is 11.6 Å². The summed E-state index contributed by atoms with van der Waals surface area (Å²) in [6.07, 6.45) is 0. The Bertz CT molecular complexity index is 778. The molecule has 0 saturated carbocycles. The van der Waals surface area contributed by atoms with Gasteiger partial charge in [-0.3, -0.25) is 0 Å². The van der Waals surface area contributed by atoms with Gasteiger partial charge < -0.3 is 4.18 Å². The standard InChI is InChI=1S/C17H19ClO3S/c1-11(2)15-10-16(18)13(4)9-17(15)21-22(19,20)14-7-5-12(3)6-8-14/h5-11H,1-4H3. The Labute approximate surface area is 137 Å². The fourth-order valence-electron chi connectivity index (χ4n) is 2.07. The maximum absolute atomic E-state index is 12.4. The van der Waals surface area contributed by atoms with Gasteiger partial charge >= 0.3 is 10.1 Å². The summed E-state index contributed by atoms with van der Waals surface area (Å²) in [5, 5.41) is 0.601.